The summed E-state index contributed by atoms with van der Waals surface area (Å²) in [4.78, 5) is 21.8. The van der Waals surface area contributed by atoms with Gasteiger partial charge in [-0.25, -0.2) is 0 Å². The molecule has 0 heterocycles. The minimum atomic E-state index is -0.884. The highest BCUT2D eigenvalue weighted by Crippen LogP contribution is 2.50. The third-order valence-corrected chi connectivity index (χ3v) is 3.78. The summed E-state index contributed by atoms with van der Waals surface area (Å²) in [7, 11) is 0. The molecule has 0 saturated heterocycles. The molecule has 1 aliphatic rings. The summed E-state index contributed by atoms with van der Waals surface area (Å²) in [6, 6.07) is 0. The van der Waals surface area contributed by atoms with Gasteiger partial charge in [0.25, 0.3) is 0 Å². The van der Waals surface area contributed by atoms with Crippen molar-refractivity contribution in [2.75, 3.05) is 0 Å². The first kappa shape index (κ1) is 11.0. The van der Waals surface area contributed by atoms with Crippen LogP contribution in [-0.4, -0.2) is 22.2 Å². The first-order valence-electron chi connectivity index (χ1n) is 4.74. The van der Waals surface area contributed by atoms with Crippen molar-refractivity contribution in [2.24, 2.45) is 23.2 Å². The first-order chi connectivity index (χ1) is 6.28. The van der Waals surface area contributed by atoms with E-state index in [0.717, 1.165) is 0 Å². The second kappa shape index (κ2) is 3.26. The van der Waals surface area contributed by atoms with Gasteiger partial charge in [-0.15, -0.1) is 0 Å². The highest BCUT2D eigenvalue weighted by atomic mass is 16.4. The molecule has 2 N–H and O–H groups in total. The number of carboxylic acid groups (broad SMARTS) is 2. The molecular weight excluding hydrogens is 184 g/mol. The Balaban J connectivity index is 2.96. The van der Waals surface area contributed by atoms with Gasteiger partial charge in [0.2, 0.25) is 0 Å². The van der Waals surface area contributed by atoms with Crippen LogP contribution in [0.15, 0.2) is 0 Å². The zero-order chi connectivity index (χ0) is 11.1. The van der Waals surface area contributed by atoms with E-state index in [-0.39, 0.29) is 12.3 Å². The number of carbonyl (C=O) groups is 2. The van der Waals surface area contributed by atoms with Gasteiger partial charge in [0.1, 0.15) is 0 Å². The van der Waals surface area contributed by atoms with Gasteiger partial charge >= 0.3 is 11.9 Å². The van der Waals surface area contributed by atoms with E-state index in [2.05, 4.69) is 0 Å². The molecule has 0 aromatic heterocycles. The van der Waals surface area contributed by atoms with Gasteiger partial charge < -0.3 is 10.2 Å². The van der Waals surface area contributed by atoms with Gasteiger partial charge in [-0.2, -0.15) is 0 Å². The molecule has 4 heteroatoms. The van der Waals surface area contributed by atoms with Gasteiger partial charge in [-0.1, -0.05) is 20.8 Å². The highest BCUT2D eigenvalue weighted by Gasteiger charge is 2.52. The minimum Gasteiger partial charge on any atom is -0.481 e. The number of hydrogen-bond acceptors (Lipinski definition) is 2. The first-order valence-corrected chi connectivity index (χ1v) is 4.74. The van der Waals surface area contributed by atoms with Crippen LogP contribution >= 0.6 is 0 Å². The third kappa shape index (κ3) is 1.49. The van der Waals surface area contributed by atoms with Gasteiger partial charge in [-0.05, 0) is 17.8 Å². The molecule has 0 aliphatic heterocycles. The maximum Gasteiger partial charge on any atom is 0.307 e. The molecule has 1 saturated carbocycles. The van der Waals surface area contributed by atoms with Crippen LogP contribution in [0.5, 0.6) is 0 Å². The van der Waals surface area contributed by atoms with Crippen molar-refractivity contribution in [3.63, 3.8) is 0 Å². The SMILES string of the molecule is C[C@@H]1[C@H](C(=O)O)C[C@@H](C(=O)O)C1(C)C. The van der Waals surface area contributed by atoms with Gasteiger partial charge in [0, 0.05) is 0 Å². The molecule has 0 bridgehead atoms. The lowest BCUT2D eigenvalue weighted by atomic mass is 9.75. The Morgan fingerprint density at radius 2 is 1.71 bits per heavy atom. The summed E-state index contributed by atoms with van der Waals surface area (Å²) >= 11 is 0. The maximum absolute atomic E-state index is 10.9. The monoisotopic (exact) mass is 200 g/mol. The highest BCUT2D eigenvalue weighted by molar-refractivity contribution is 5.76. The molecule has 1 rings (SSSR count). The minimum absolute atomic E-state index is 0.0962. The lowest BCUT2D eigenvalue weighted by Gasteiger charge is -2.29. The lowest BCUT2D eigenvalue weighted by molar-refractivity contribution is -0.145. The van der Waals surface area contributed by atoms with E-state index in [1.54, 1.807) is 0 Å². The summed E-state index contributed by atoms with van der Waals surface area (Å²) in [6.45, 7) is 5.49. The molecule has 0 radical (unpaired) electrons. The molecule has 0 unspecified atom stereocenters. The van der Waals surface area contributed by atoms with Crippen molar-refractivity contribution in [1.29, 1.82) is 0 Å². The van der Waals surface area contributed by atoms with E-state index >= 15 is 0 Å². The molecule has 0 aromatic carbocycles. The van der Waals surface area contributed by atoms with E-state index in [1.165, 1.54) is 0 Å². The Labute approximate surface area is 82.9 Å². The Bertz CT molecular complexity index is 269. The Morgan fingerprint density at radius 1 is 1.21 bits per heavy atom. The normalized spacial score (nSPS) is 35.5. The topological polar surface area (TPSA) is 74.6 Å². The maximum atomic E-state index is 10.9. The average Bonchev–Trinajstić information content (AvgIpc) is 2.24. The van der Waals surface area contributed by atoms with Crippen molar-refractivity contribution in [3.8, 4) is 0 Å². The van der Waals surface area contributed by atoms with Gasteiger partial charge in [0.05, 0.1) is 11.8 Å². The van der Waals surface area contributed by atoms with Crippen LogP contribution in [-0.2, 0) is 9.59 Å². The number of hydrogen-bond donors (Lipinski definition) is 2. The van der Waals surface area contributed by atoms with Gasteiger partial charge in [-0.3, -0.25) is 9.59 Å². The molecular formula is C10H16O4. The molecule has 0 aromatic rings. The van der Waals surface area contributed by atoms with Crippen molar-refractivity contribution >= 4 is 11.9 Å². The summed E-state index contributed by atoms with van der Waals surface area (Å²) in [5.41, 5.74) is -0.436. The van der Waals surface area contributed by atoms with Crippen molar-refractivity contribution in [1.82, 2.24) is 0 Å². The zero-order valence-electron chi connectivity index (χ0n) is 8.65. The van der Waals surface area contributed by atoms with Crippen LogP contribution in [0.4, 0.5) is 0 Å². The fourth-order valence-corrected chi connectivity index (χ4v) is 2.33. The molecule has 14 heavy (non-hydrogen) atoms. The number of carboxylic acids is 2. The smallest absolute Gasteiger partial charge is 0.307 e. The van der Waals surface area contributed by atoms with Crippen LogP contribution < -0.4 is 0 Å². The molecule has 0 spiro atoms. The Hall–Kier alpha value is -1.06. The number of rotatable bonds is 2. The van der Waals surface area contributed by atoms with Crippen molar-refractivity contribution in [3.05, 3.63) is 0 Å². The van der Waals surface area contributed by atoms with Crippen LogP contribution in [0.25, 0.3) is 0 Å². The summed E-state index contributed by atoms with van der Waals surface area (Å²) in [5, 5.41) is 17.9. The van der Waals surface area contributed by atoms with Crippen LogP contribution in [0, 0.1) is 23.2 Å². The van der Waals surface area contributed by atoms with E-state index in [9.17, 15) is 9.59 Å². The molecule has 1 aliphatic carbocycles. The van der Waals surface area contributed by atoms with Crippen LogP contribution in [0.1, 0.15) is 27.2 Å². The summed E-state index contributed by atoms with van der Waals surface area (Å²) < 4.78 is 0. The quantitative estimate of drug-likeness (QED) is 0.707. The zero-order valence-corrected chi connectivity index (χ0v) is 8.65. The molecule has 4 nitrogen and oxygen atoms in total. The van der Waals surface area contributed by atoms with E-state index in [4.69, 9.17) is 10.2 Å². The predicted molar refractivity (Wildman–Crippen MR) is 49.8 cm³/mol. The van der Waals surface area contributed by atoms with E-state index in [1.807, 2.05) is 20.8 Å². The Kier molecular flexibility index (Phi) is 2.56. The van der Waals surface area contributed by atoms with E-state index < -0.39 is 29.2 Å². The van der Waals surface area contributed by atoms with Crippen LogP contribution in [0.3, 0.4) is 0 Å². The molecule has 3 atom stereocenters. The van der Waals surface area contributed by atoms with Crippen LogP contribution in [0.2, 0.25) is 0 Å². The van der Waals surface area contributed by atoms with Crippen molar-refractivity contribution < 1.29 is 19.8 Å². The predicted octanol–water partition coefficient (Wildman–Crippen LogP) is 1.45. The standard InChI is InChI=1S/C10H16O4/c1-5-6(8(11)12)4-7(9(13)14)10(5,2)3/h5-7H,4H2,1-3H3,(H,11,12)(H,13,14)/t5-,6-,7+/m1/s1. The lowest BCUT2D eigenvalue weighted by Crippen LogP contribution is -2.30. The summed E-state index contributed by atoms with van der Waals surface area (Å²) in [6.07, 6.45) is 0.249. The number of aliphatic carboxylic acids is 2. The van der Waals surface area contributed by atoms with Crippen molar-refractivity contribution in [2.45, 2.75) is 27.2 Å². The fourth-order valence-electron chi connectivity index (χ4n) is 2.33. The largest absolute Gasteiger partial charge is 0.481 e. The second-order valence-corrected chi connectivity index (χ2v) is 4.68. The van der Waals surface area contributed by atoms with Gasteiger partial charge in [0.15, 0.2) is 0 Å². The van der Waals surface area contributed by atoms with E-state index in [0.29, 0.717) is 0 Å². The molecule has 1 fully saturated rings. The second-order valence-electron chi connectivity index (χ2n) is 4.68. The molecule has 80 valence electrons. The Morgan fingerprint density at radius 3 is 1.93 bits per heavy atom. The fraction of sp³-hybridized carbons (Fsp3) is 0.800. The average molecular weight is 200 g/mol. The third-order valence-electron chi connectivity index (χ3n) is 3.78. The molecule has 0 amide bonds. The summed E-state index contributed by atoms with van der Waals surface area (Å²) in [5.74, 6) is -2.93.